The lowest BCUT2D eigenvalue weighted by Gasteiger charge is -2.03. The number of pyridine rings is 1. The van der Waals surface area contributed by atoms with Crippen molar-refractivity contribution in [3.63, 3.8) is 0 Å². The van der Waals surface area contributed by atoms with Crippen molar-refractivity contribution in [1.82, 2.24) is 4.98 Å². The zero-order valence-electron chi connectivity index (χ0n) is 11.7. The van der Waals surface area contributed by atoms with Gasteiger partial charge in [0.15, 0.2) is 0 Å². The number of esters is 1. The molecule has 0 atom stereocenters. The first-order chi connectivity index (χ1) is 10.1. The van der Waals surface area contributed by atoms with Gasteiger partial charge in [0.05, 0.1) is 10.4 Å². The summed E-state index contributed by atoms with van der Waals surface area (Å²) in [5.74, 6) is -0.309. The molecule has 0 bridgehead atoms. The van der Waals surface area contributed by atoms with Gasteiger partial charge in [-0.05, 0) is 66.0 Å². The maximum absolute atomic E-state index is 11.6. The van der Waals surface area contributed by atoms with Gasteiger partial charge in [-0.25, -0.2) is 4.79 Å². The van der Waals surface area contributed by atoms with E-state index >= 15 is 0 Å². The van der Waals surface area contributed by atoms with Crippen LogP contribution in [0.1, 0.15) is 22.7 Å². The van der Waals surface area contributed by atoms with Crippen LogP contribution >= 0.6 is 27.3 Å². The standard InChI is InChI=1S/C16H16BrNO2S/c1-12-4-2-5-13(18-12)6-3-11-20-16(19)10-8-14-7-9-15(17)21-14/h2,4-5,7-10H,3,6,11H2,1H3. The summed E-state index contributed by atoms with van der Waals surface area (Å²) < 4.78 is 6.20. The van der Waals surface area contributed by atoms with Gasteiger partial charge < -0.3 is 4.74 Å². The first kappa shape index (κ1) is 15.9. The van der Waals surface area contributed by atoms with E-state index in [0.29, 0.717) is 6.61 Å². The van der Waals surface area contributed by atoms with Gasteiger partial charge in [-0.2, -0.15) is 0 Å². The summed E-state index contributed by atoms with van der Waals surface area (Å²) in [6, 6.07) is 9.85. The van der Waals surface area contributed by atoms with E-state index in [9.17, 15) is 4.79 Å². The van der Waals surface area contributed by atoms with Gasteiger partial charge in [0, 0.05) is 22.3 Å². The zero-order valence-corrected chi connectivity index (χ0v) is 14.1. The average Bonchev–Trinajstić information content (AvgIpc) is 2.87. The number of rotatable bonds is 6. The summed E-state index contributed by atoms with van der Waals surface area (Å²) >= 11 is 4.95. The van der Waals surface area contributed by atoms with Crippen molar-refractivity contribution in [2.75, 3.05) is 6.61 Å². The van der Waals surface area contributed by atoms with Crippen molar-refractivity contribution in [1.29, 1.82) is 0 Å². The smallest absolute Gasteiger partial charge is 0.330 e. The molecule has 5 heteroatoms. The van der Waals surface area contributed by atoms with Crippen LogP contribution in [0.25, 0.3) is 6.08 Å². The molecule has 21 heavy (non-hydrogen) atoms. The zero-order chi connectivity index (χ0) is 15.1. The van der Waals surface area contributed by atoms with Gasteiger partial charge in [-0.1, -0.05) is 6.07 Å². The van der Waals surface area contributed by atoms with Crippen LogP contribution in [0.15, 0.2) is 40.2 Å². The summed E-state index contributed by atoms with van der Waals surface area (Å²) in [5.41, 5.74) is 2.04. The van der Waals surface area contributed by atoms with Gasteiger partial charge in [0.1, 0.15) is 0 Å². The fourth-order valence-corrected chi connectivity index (χ4v) is 3.11. The molecule has 0 saturated carbocycles. The van der Waals surface area contributed by atoms with E-state index in [0.717, 1.165) is 32.9 Å². The highest BCUT2D eigenvalue weighted by Gasteiger charge is 2.00. The Morgan fingerprint density at radius 3 is 2.95 bits per heavy atom. The number of carbonyl (C=O) groups is 1. The third-order valence-electron chi connectivity index (χ3n) is 2.75. The van der Waals surface area contributed by atoms with E-state index in [1.165, 1.54) is 6.08 Å². The minimum absolute atomic E-state index is 0.309. The predicted octanol–water partition coefficient (Wildman–Crippen LogP) is 4.40. The largest absolute Gasteiger partial charge is 0.463 e. The number of nitrogens with zero attached hydrogens (tertiary/aromatic N) is 1. The van der Waals surface area contributed by atoms with Gasteiger partial charge in [-0.3, -0.25) is 4.98 Å². The van der Waals surface area contributed by atoms with Crippen molar-refractivity contribution in [2.24, 2.45) is 0 Å². The second-order valence-electron chi connectivity index (χ2n) is 4.52. The van der Waals surface area contributed by atoms with E-state index in [4.69, 9.17) is 4.74 Å². The lowest BCUT2D eigenvalue weighted by molar-refractivity contribution is -0.137. The highest BCUT2D eigenvalue weighted by atomic mass is 79.9. The summed E-state index contributed by atoms with van der Waals surface area (Å²) in [6.07, 6.45) is 4.82. The third-order valence-corrected chi connectivity index (χ3v) is 4.33. The molecule has 2 aromatic rings. The van der Waals surface area contributed by atoms with Crippen LogP contribution in [-0.4, -0.2) is 17.6 Å². The molecule has 0 aliphatic heterocycles. The van der Waals surface area contributed by atoms with Crippen LogP contribution in [0.3, 0.4) is 0 Å². The van der Waals surface area contributed by atoms with Crippen molar-refractivity contribution in [3.05, 3.63) is 56.5 Å². The number of halogens is 1. The molecule has 0 aromatic carbocycles. The molecule has 2 heterocycles. The molecule has 0 N–H and O–H groups in total. The highest BCUT2D eigenvalue weighted by molar-refractivity contribution is 9.11. The van der Waals surface area contributed by atoms with E-state index in [-0.39, 0.29) is 5.97 Å². The quantitative estimate of drug-likeness (QED) is 0.432. The van der Waals surface area contributed by atoms with Crippen LogP contribution < -0.4 is 0 Å². The Morgan fingerprint density at radius 1 is 1.38 bits per heavy atom. The van der Waals surface area contributed by atoms with E-state index in [1.54, 1.807) is 17.4 Å². The van der Waals surface area contributed by atoms with E-state index in [1.807, 2.05) is 37.3 Å². The average molecular weight is 366 g/mol. The SMILES string of the molecule is Cc1cccc(CCCOC(=O)C=Cc2ccc(Br)s2)n1. The lowest BCUT2D eigenvalue weighted by Crippen LogP contribution is -2.04. The van der Waals surface area contributed by atoms with Gasteiger partial charge >= 0.3 is 5.97 Å². The topological polar surface area (TPSA) is 39.2 Å². The Kier molecular flexibility index (Phi) is 6.14. The normalized spacial score (nSPS) is 11.0. The Bertz CT molecular complexity index is 637. The monoisotopic (exact) mass is 365 g/mol. The van der Waals surface area contributed by atoms with Gasteiger partial charge in [0.2, 0.25) is 0 Å². The number of thiophene rings is 1. The molecule has 3 nitrogen and oxygen atoms in total. The fraction of sp³-hybridized carbons (Fsp3) is 0.250. The Morgan fingerprint density at radius 2 is 2.24 bits per heavy atom. The van der Waals surface area contributed by atoms with Crippen molar-refractivity contribution < 1.29 is 9.53 Å². The number of hydrogen-bond donors (Lipinski definition) is 0. The van der Waals surface area contributed by atoms with E-state index < -0.39 is 0 Å². The molecule has 0 aliphatic carbocycles. The number of aromatic nitrogens is 1. The molecule has 2 aromatic heterocycles. The highest BCUT2D eigenvalue weighted by Crippen LogP contribution is 2.22. The van der Waals surface area contributed by atoms with Crippen LogP contribution in [0.4, 0.5) is 0 Å². The van der Waals surface area contributed by atoms with Crippen molar-refractivity contribution >= 4 is 39.3 Å². The first-order valence-corrected chi connectivity index (χ1v) is 8.27. The number of ether oxygens (including phenoxy) is 1. The van der Waals surface area contributed by atoms with Crippen LogP contribution in [-0.2, 0) is 16.0 Å². The summed E-state index contributed by atoms with van der Waals surface area (Å²) in [4.78, 5) is 17.0. The number of carbonyl (C=O) groups excluding carboxylic acids is 1. The molecule has 0 amide bonds. The van der Waals surface area contributed by atoms with Crippen LogP contribution in [0.2, 0.25) is 0 Å². The van der Waals surface area contributed by atoms with Crippen molar-refractivity contribution in [2.45, 2.75) is 19.8 Å². The summed E-state index contributed by atoms with van der Waals surface area (Å²) in [6.45, 7) is 2.38. The Hall–Kier alpha value is -1.46. The van der Waals surface area contributed by atoms with Crippen LogP contribution in [0.5, 0.6) is 0 Å². The fourth-order valence-electron chi connectivity index (χ4n) is 1.78. The third kappa shape index (κ3) is 5.81. The van der Waals surface area contributed by atoms with Crippen LogP contribution in [0, 0.1) is 6.92 Å². The van der Waals surface area contributed by atoms with Gasteiger partial charge in [-0.15, -0.1) is 11.3 Å². The maximum atomic E-state index is 11.6. The van der Waals surface area contributed by atoms with Gasteiger partial charge in [0.25, 0.3) is 0 Å². The Labute approximate surface area is 136 Å². The molecule has 0 unspecified atom stereocenters. The number of hydrogen-bond acceptors (Lipinski definition) is 4. The predicted molar refractivity (Wildman–Crippen MR) is 89.3 cm³/mol. The van der Waals surface area contributed by atoms with E-state index in [2.05, 4.69) is 20.9 Å². The number of aryl methyl sites for hydroxylation is 2. The second-order valence-corrected chi connectivity index (χ2v) is 7.01. The first-order valence-electron chi connectivity index (χ1n) is 6.66. The molecular formula is C16H16BrNO2S. The maximum Gasteiger partial charge on any atom is 0.330 e. The molecule has 0 spiro atoms. The minimum atomic E-state index is -0.309. The molecular weight excluding hydrogens is 350 g/mol. The molecule has 0 saturated heterocycles. The Balaban J connectivity index is 1.68. The second kappa shape index (κ2) is 8.10. The molecule has 0 radical (unpaired) electrons. The summed E-state index contributed by atoms with van der Waals surface area (Å²) in [5, 5.41) is 0. The van der Waals surface area contributed by atoms with Crippen molar-refractivity contribution in [3.8, 4) is 0 Å². The molecule has 2 rings (SSSR count). The lowest BCUT2D eigenvalue weighted by atomic mass is 10.2. The summed E-state index contributed by atoms with van der Waals surface area (Å²) in [7, 11) is 0. The molecule has 0 fully saturated rings. The minimum Gasteiger partial charge on any atom is -0.463 e. The molecule has 0 aliphatic rings. The molecule has 110 valence electrons.